The van der Waals surface area contributed by atoms with Crippen LogP contribution in [-0.4, -0.2) is 11.3 Å². The summed E-state index contributed by atoms with van der Waals surface area (Å²) in [6.45, 7) is 29.4. The summed E-state index contributed by atoms with van der Waals surface area (Å²) in [6.07, 6.45) is 6.83. The van der Waals surface area contributed by atoms with Crippen LogP contribution in [0.2, 0.25) is 19.6 Å². The predicted molar refractivity (Wildman–Crippen MR) is 210 cm³/mol. The van der Waals surface area contributed by atoms with Gasteiger partial charge in [0, 0.05) is 0 Å². The molecule has 0 spiro atoms. The standard InChI is InChI=1S/C21H25.C15H14.C10H17Si.Zr/c1-20(2,3)16-7-9-18-14(12-16)11-15-13-17(21(4,5)6)8-10-19(15)18;1-12-3-7-14(8-4-12)11-15-9-5-13(2)6-10-15;1-8-6-9(2)10(7-8)11(3,4)5;/h7-10,12H,11H2,1-6H3;3-10H,1-2H3;7-8H,1-5H3;/q-1;;-1;+2. The molecule has 0 radical (unpaired) electrons. The topological polar surface area (TPSA) is 0 Å². The monoisotopic (exact) mass is 726 g/mol. The fourth-order valence-electron chi connectivity index (χ4n) is 6.28. The second-order valence-electron chi connectivity index (χ2n) is 16.8. The Hall–Kier alpha value is -2.67. The van der Waals surface area contributed by atoms with Crippen molar-refractivity contribution < 1.29 is 24.2 Å². The zero-order valence-electron chi connectivity index (χ0n) is 31.9. The third-order valence-electron chi connectivity index (χ3n) is 9.22. The summed E-state index contributed by atoms with van der Waals surface area (Å²) in [7, 11) is -1.07. The minimum absolute atomic E-state index is 0.167. The maximum absolute atomic E-state index is 3.67. The molecule has 0 amide bonds. The molecule has 2 aliphatic rings. The van der Waals surface area contributed by atoms with E-state index in [0.29, 0.717) is 5.92 Å². The Balaban J connectivity index is 0.000000171. The summed E-state index contributed by atoms with van der Waals surface area (Å²) < 4.78 is 1.42. The summed E-state index contributed by atoms with van der Waals surface area (Å²) in [6, 6.07) is 32.7. The van der Waals surface area contributed by atoms with Crippen LogP contribution in [0.5, 0.6) is 0 Å². The van der Waals surface area contributed by atoms with Crippen molar-refractivity contribution in [3.05, 3.63) is 152 Å². The molecule has 4 aromatic rings. The second kappa shape index (κ2) is 15.1. The van der Waals surface area contributed by atoms with Crippen molar-refractivity contribution in [3.63, 3.8) is 0 Å². The minimum atomic E-state index is -1.07. The zero-order chi connectivity index (χ0) is 35.6. The first-order chi connectivity index (χ1) is 22.2. The Morgan fingerprint density at radius 1 is 0.708 bits per heavy atom. The van der Waals surface area contributed by atoms with Crippen molar-refractivity contribution >= 4 is 11.3 Å². The van der Waals surface area contributed by atoms with Crippen molar-refractivity contribution in [1.82, 2.24) is 0 Å². The quantitative estimate of drug-likeness (QED) is 0.128. The van der Waals surface area contributed by atoms with E-state index in [1.165, 1.54) is 88.6 Å². The van der Waals surface area contributed by atoms with Gasteiger partial charge in [0.05, 0.1) is 0 Å². The summed E-state index contributed by atoms with van der Waals surface area (Å²) >= 11 is 1.46. The van der Waals surface area contributed by atoms with Gasteiger partial charge in [-0.2, -0.15) is 29.8 Å². The fraction of sp³-hybridized carbons (Fsp3) is 0.370. The molecule has 1 atom stereocenters. The second-order valence-corrected chi connectivity index (χ2v) is 23.1. The normalized spacial score (nSPS) is 15.3. The molecule has 2 heteroatoms. The van der Waals surface area contributed by atoms with Crippen LogP contribution in [0.3, 0.4) is 0 Å². The first-order valence-corrected chi connectivity index (χ1v) is 22.2. The van der Waals surface area contributed by atoms with Gasteiger partial charge in [0.2, 0.25) is 0 Å². The summed E-state index contributed by atoms with van der Waals surface area (Å²) in [5.41, 5.74) is 15.4. The summed E-state index contributed by atoms with van der Waals surface area (Å²) in [4.78, 5) is 0. The number of fused-ring (bicyclic) bond motifs is 3. The van der Waals surface area contributed by atoms with Crippen molar-refractivity contribution in [2.24, 2.45) is 5.92 Å². The van der Waals surface area contributed by atoms with Crippen LogP contribution < -0.4 is 0 Å². The van der Waals surface area contributed by atoms with Gasteiger partial charge in [-0.1, -0.05) is 105 Å². The molecular formula is C46H56SiZr. The average molecular weight is 728 g/mol. The van der Waals surface area contributed by atoms with Crippen molar-refractivity contribution in [3.8, 4) is 11.1 Å². The molecule has 0 heterocycles. The zero-order valence-corrected chi connectivity index (χ0v) is 35.3. The molecule has 0 saturated carbocycles. The van der Waals surface area contributed by atoms with Crippen molar-refractivity contribution in [1.29, 1.82) is 0 Å². The molecule has 0 nitrogen and oxygen atoms in total. The van der Waals surface area contributed by atoms with Gasteiger partial charge in [0.15, 0.2) is 0 Å². The van der Waals surface area contributed by atoms with E-state index < -0.39 is 8.07 Å². The Bertz CT molecular complexity index is 1700. The van der Waals surface area contributed by atoms with E-state index in [2.05, 4.69) is 186 Å². The maximum atomic E-state index is 3.67. The first-order valence-electron chi connectivity index (χ1n) is 17.5. The van der Waals surface area contributed by atoms with E-state index in [1.807, 2.05) is 0 Å². The van der Waals surface area contributed by atoms with Crippen LogP contribution in [0.15, 0.2) is 95.7 Å². The number of benzene rings is 4. The molecule has 48 heavy (non-hydrogen) atoms. The Labute approximate surface area is 309 Å². The van der Waals surface area contributed by atoms with Crippen LogP contribution in [-0.2, 0) is 41.5 Å². The third-order valence-corrected chi connectivity index (χ3v) is 12.8. The van der Waals surface area contributed by atoms with Gasteiger partial charge in [0.25, 0.3) is 0 Å². The van der Waals surface area contributed by atoms with Crippen LogP contribution in [0.25, 0.3) is 11.1 Å². The van der Waals surface area contributed by atoms with Crippen LogP contribution in [0.1, 0.15) is 99.9 Å². The van der Waals surface area contributed by atoms with E-state index in [0.717, 1.165) is 6.42 Å². The SMILES string of the molecule is CC(C)(C)c1[c-]c2c(cc1)-c1ccc(C(C)(C)C)cc1C2.CC1=[C-]C(C)C=C1[Si](C)(C)C.Cc1ccc([C](=[Zr+2])c2ccc(C)cc2)cc1. The number of aryl methyl sites for hydroxylation is 2. The molecule has 0 bridgehead atoms. The molecule has 1 unspecified atom stereocenters. The van der Waals surface area contributed by atoms with Gasteiger partial charge in [-0.25, -0.2) is 10.8 Å². The summed E-state index contributed by atoms with van der Waals surface area (Å²) in [5.74, 6) is 0.553. The molecule has 0 aliphatic heterocycles. The Morgan fingerprint density at radius 3 is 1.65 bits per heavy atom. The molecule has 4 aromatic carbocycles. The molecule has 0 N–H and O–H groups in total. The average Bonchev–Trinajstić information content (AvgIpc) is 3.55. The van der Waals surface area contributed by atoms with Gasteiger partial charge >= 0.3 is 112 Å². The number of rotatable bonds is 3. The first kappa shape index (κ1) is 38.1. The molecule has 0 saturated heterocycles. The van der Waals surface area contributed by atoms with E-state index in [-0.39, 0.29) is 10.8 Å². The van der Waals surface area contributed by atoms with Gasteiger partial charge in [0.1, 0.15) is 0 Å². The number of allylic oxidation sites excluding steroid dienone is 4. The third kappa shape index (κ3) is 9.73. The number of hydrogen-bond acceptors (Lipinski definition) is 0. The van der Waals surface area contributed by atoms with Crippen molar-refractivity contribution in [2.45, 2.75) is 106 Å². The van der Waals surface area contributed by atoms with E-state index in [9.17, 15) is 0 Å². The molecule has 0 aromatic heterocycles. The van der Waals surface area contributed by atoms with Gasteiger partial charge in [-0.15, -0.1) is 11.1 Å². The fourth-order valence-corrected chi connectivity index (χ4v) is 9.05. The number of hydrogen-bond donors (Lipinski definition) is 0. The van der Waals surface area contributed by atoms with E-state index >= 15 is 0 Å². The Kier molecular flexibility index (Phi) is 12.0. The summed E-state index contributed by atoms with van der Waals surface area (Å²) in [5, 5.41) is 1.60. The van der Waals surface area contributed by atoms with E-state index in [4.69, 9.17) is 0 Å². The predicted octanol–water partition coefficient (Wildman–Crippen LogP) is 12.3. The molecule has 6 rings (SSSR count). The van der Waals surface area contributed by atoms with Gasteiger partial charge < -0.3 is 0 Å². The molecule has 2 aliphatic carbocycles. The molecule has 248 valence electrons. The van der Waals surface area contributed by atoms with Gasteiger partial charge in [-0.3, -0.25) is 6.08 Å². The van der Waals surface area contributed by atoms with Crippen LogP contribution in [0.4, 0.5) is 0 Å². The molecule has 0 fully saturated rings. The van der Waals surface area contributed by atoms with Crippen LogP contribution in [0, 0.1) is 31.9 Å². The van der Waals surface area contributed by atoms with Crippen LogP contribution >= 0.6 is 0 Å². The van der Waals surface area contributed by atoms with E-state index in [1.54, 1.807) is 5.20 Å². The van der Waals surface area contributed by atoms with Gasteiger partial charge in [-0.05, 0) is 36.5 Å². The Morgan fingerprint density at radius 2 is 1.23 bits per heavy atom. The molecular weight excluding hydrogens is 672 g/mol. The van der Waals surface area contributed by atoms with Crippen molar-refractivity contribution in [2.75, 3.05) is 0 Å².